The average molecular weight is 246 g/mol. The highest BCUT2D eigenvalue weighted by molar-refractivity contribution is 5.91. The second-order valence-electron chi connectivity index (χ2n) is 3.85. The van der Waals surface area contributed by atoms with E-state index in [2.05, 4.69) is 15.6 Å². The van der Waals surface area contributed by atoms with E-state index in [1.807, 2.05) is 24.3 Å². The monoisotopic (exact) mass is 246 g/mol. The van der Waals surface area contributed by atoms with Crippen molar-refractivity contribution >= 4 is 11.7 Å². The zero-order chi connectivity index (χ0) is 13.0. The van der Waals surface area contributed by atoms with Gasteiger partial charge in [0.2, 0.25) is 5.91 Å². The van der Waals surface area contributed by atoms with Crippen molar-refractivity contribution < 1.29 is 9.53 Å². The van der Waals surface area contributed by atoms with Crippen LogP contribution in [-0.2, 0) is 18.3 Å². The molecule has 2 rings (SSSR count). The van der Waals surface area contributed by atoms with Crippen LogP contribution >= 0.6 is 0 Å². The molecule has 0 saturated heterocycles. The van der Waals surface area contributed by atoms with Gasteiger partial charge >= 0.3 is 0 Å². The summed E-state index contributed by atoms with van der Waals surface area (Å²) in [5.41, 5.74) is 0.885. The largest absolute Gasteiger partial charge is 0.497 e. The molecule has 0 fully saturated rings. The van der Waals surface area contributed by atoms with Crippen LogP contribution in [0.25, 0.3) is 0 Å². The average Bonchev–Trinajstić information content (AvgIpc) is 2.74. The molecule has 2 aromatic rings. The van der Waals surface area contributed by atoms with Gasteiger partial charge in [0.1, 0.15) is 5.75 Å². The fourth-order valence-corrected chi connectivity index (χ4v) is 1.56. The summed E-state index contributed by atoms with van der Waals surface area (Å²) in [5.74, 6) is 1.05. The maximum atomic E-state index is 11.8. The number of methoxy groups -OCH3 is 1. The molecule has 18 heavy (non-hydrogen) atoms. The number of carbonyl (C=O) groups excluding carboxylic acids is 1. The highest BCUT2D eigenvalue weighted by Gasteiger charge is 2.07. The number of hydrogen-bond donors (Lipinski definition) is 1. The van der Waals surface area contributed by atoms with Crippen molar-refractivity contribution in [2.75, 3.05) is 12.4 Å². The van der Waals surface area contributed by atoms with Crippen LogP contribution in [-0.4, -0.2) is 28.0 Å². The van der Waals surface area contributed by atoms with Crippen molar-refractivity contribution in [3.63, 3.8) is 0 Å². The van der Waals surface area contributed by atoms with Crippen LogP contribution in [0.1, 0.15) is 5.56 Å². The number of hydrogen-bond acceptors (Lipinski definition) is 4. The van der Waals surface area contributed by atoms with Gasteiger partial charge in [0.25, 0.3) is 0 Å². The van der Waals surface area contributed by atoms with Crippen LogP contribution in [0.3, 0.4) is 0 Å². The van der Waals surface area contributed by atoms with Crippen LogP contribution in [0.4, 0.5) is 5.82 Å². The highest BCUT2D eigenvalue weighted by atomic mass is 16.5. The fraction of sp³-hybridized carbons (Fsp3) is 0.250. The number of amides is 1. The fourth-order valence-electron chi connectivity index (χ4n) is 1.56. The standard InChI is InChI=1S/C12H14N4O2/c1-16-8-11(14-15-16)13-12(17)7-9-4-3-5-10(6-9)18-2/h3-6,8H,7H2,1-2H3,(H,13,17). The van der Waals surface area contributed by atoms with Gasteiger partial charge < -0.3 is 10.1 Å². The normalized spacial score (nSPS) is 10.1. The Labute approximate surface area is 105 Å². The molecule has 1 aromatic heterocycles. The van der Waals surface area contributed by atoms with Crippen molar-refractivity contribution in [1.82, 2.24) is 15.0 Å². The zero-order valence-electron chi connectivity index (χ0n) is 10.3. The quantitative estimate of drug-likeness (QED) is 0.874. The van der Waals surface area contributed by atoms with Gasteiger partial charge in [0.15, 0.2) is 5.82 Å². The number of aromatic nitrogens is 3. The molecule has 94 valence electrons. The summed E-state index contributed by atoms with van der Waals surface area (Å²) < 4.78 is 6.63. The molecule has 1 aromatic carbocycles. The van der Waals surface area contributed by atoms with Crippen LogP contribution in [0, 0.1) is 0 Å². The highest BCUT2D eigenvalue weighted by Crippen LogP contribution is 2.13. The van der Waals surface area contributed by atoms with Crippen molar-refractivity contribution in [3.05, 3.63) is 36.0 Å². The summed E-state index contributed by atoms with van der Waals surface area (Å²) >= 11 is 0. The number of ether oxygens (including phenoxy) is 1. The SMILES string of the molecule is COc1cccc(CC(=O)Nc2cn(C)nn2)c1. The van der Waals surface area contributed by atoms with Gasteiger partial charge in [0, 0.05) is 7.05 Å². The molecule has 1 amide bonds. The van der Waals surface area contributed by atoms with Gasteiger partial charge in [-0.1, -0.05) is 17.3 Å². The Bertz CT molecular complexity index is 551. The Morgan fingerprint density at radius 3 is 3.00 bits per heavy atom. The number of nitrogens with one attached hydrogen (secondary N) is 1. The molecule has 0 aliphatic carbocycles. The molecule has 6 nitrogen and oxygen atoms in total. The first-order valence-corrected chi connectivity index (χ1v) is 5.46. The van der Waals surface area contributed by atoms with Crippen molar-refractivity contribution in [2.45, 2.75) is 6.42 Å². The Kier molecular flexibility index (Phi) is 3.57. The van der Waals surface area contributed by atoms with Gasteiger partial charge in [-0.2, -0.15) is 0 Å². The first-order chi connectivity index (χ1) is 8.67. The van der Waals surface area contributed by atoms with E-state index in [1.165, 1.54) is 4.68 Å². The summed E-state index contributed by atoms with van der Waals surface area (Å²) in [5, 5.41) is 10.2. The molecule has 0 spiro atoms. The lowest BCUT2D eigenvalue weighted by molar-refractivity contribution is -0.115. The number of carbonyl (C=O) groups is 1. The number of anilines is 1. The summed E-state index contributed by atoms with van der Waals surface area (Å²) in [4.78, 5) is 11.8. The van der Waals surface area contributed by atoms with E-state index in [-0.39, 0.29) is 12.3 Å². The zero-order valence-corrected chi connectivity index (χ0v) is 10.3. The number of nitrogens with zero attached hydrogens (tertiary/aromatic N) is 3. The third kappa shape index (κ3) is 3.07. The molecule has 1 heterocycles. The molecular weight excluding hydrogens is 232 g/mol. The van der Waals surface area contributed by atoms with E-state index < -0.39 is 0 Å². The molecule has 0 saturated carbocycles. The van der Waals surface area contributed by atoms with Crippen LogP contribution in [0.5, 0.6) is 5.75 Å². The topological polar surface area (TPSA) is 69.0 Å². The maximum absolute atomic E-state index is 11.8. The van der Waals surface area contributed by atoms with E-state index in [4.69, 9.17) is 4.74 Å². The Morgan fingerprint density at radius 2 is 2.33 bits per heavy atom. The molecule has 1 N–H and O–H groups in total. The molecular formula is C12H14N4O2. The molecule has 0 radical (unpaired) electrons. The van der Waals surface area contributed by atoms with E-state index in [1.54, 1.807) is 20.4 Å². The van der Waals surface area contributed by atoms with Gasteiger partial charge in [-0.3, -0.25) is 9.48 Å². The lowest BCUT2D eigenvalue weighted by Gasteiger charge is -2.04. The minimum Gasteiger partial charge on any atom is -0.497 e. The predicted molar refractivity (Wildman–Crippen MR) is 66.3 cm³/mol. The van der Waals surface area contributed by atoms with Crippen LogP contribution in [0.2, 0.25) is 0 Å². The lowest BCUT2D eigenvalue weighted by atomic mass is 10.1. The van der Waals surface area contributed by atoms with Gasteiger partial charge in [-0.15, -0.1) is 5.10 Å². The summed E-state index contributed by atoms with van der Waals surface area (Å²) in [6.45, 7) is 0. The first kappa shape index (κ1) is 12.1. The van der Waals surface area contributed by atoms with Crippen LogP contribution < -0.4 is 10.1 Å². The maximum Gasteiger partial charge on any atom is 0.230 e. The number of benzene rings is 1. The van der Waals surface area contributed by atoms with Gasteiger partial charge in [-0.25, -0.2) is 0 Å². The van der Waals surface area contributed by atoms with Crippen molar-refractivity contribution in [1.29, 1.82) is 0 Å². The predicted octanol–water partition coefficient (Wildman–Crippen LogP) is 1.00. The summed E-state index contributed by atoms with van der Waals surface area (Å²) in [6.07, 6.45) is 1.91. The van der Waals surface area contributed by atoms with E-state index >= 15 is 0 Å². The Hall–Kier alpha value is -2.37. The minimum absolute atomic E-state index is 0.135. The Balaban J connectivity index is 1.98. The van der Waals surface area contributed by atoms with Crippen LogP contribution in [0.15, 0.2) is 30.5 Å². The van der Waals surface area contributed by atoms with Gasteiger partial charge in [-0.05, 0) is 17.7 Å². The molecule has 0 atom stereocenters. The molecule has 0 bridgehead atoms. The third-order valence-electron chi connectivity index (χ3n) is 2.37. The molecule has 0 aliphatic heterocycles. The van der Waals surface area contributed by atoms with Gasteiger partial charge in [0.05, 0.1) is 19.7 Å². The van der Waals surface area contributed by atoms with E-state index in [9.17, 15) is 4.79 Å². The van der Waals surface area contributed by atoms with E-state index in [0.717, 1.165) is 11.3 Å². The molecule has 0 unspecified atom stereocenters. The number of rotatable bonds is 4. The van der Waals surface area contributed by atoms with Crippen molar-refractivity contribution in [3.8, 4) is 5.75 Å². The summed E-state index contributed by atoms with van der Waals surface area (Å²) in [6, 6.07) is 7.39. The third-order valence-corrected chi connectivity index (χ3v) is 2.37. The summed E-state index contributed by atoms with van der Waals surface area (Å²) in [7, 11) is 3.34. The first-order valence-electron chi connectivity index (χ1n) is 5.46. The second kappa shape index (κ2) is 5.31. The second-order valence-corrected chi connectivity index (χ2v) is 3.85. The van der Waals surface area contributed by atoms with E-state index in [0.29, 0.717) is 5.82 Å². The minimum atomic E-state index is -0.135. The smallest absolute Gasteiger partial charge is 0.230 e. The van der Waals surface area contributed by atoms with Crippen molar-refractivity contribution in [2.24, 2.45) is 7.05 Å². The number of aryl methyl sites for hydroxylation is 1. The molecule has 6 heteroatoms. The lowest BCUT2D eigenvalue weighted by Crippen LogP contribution is -2.14. The Morgan fingerprint density at radius 1 is 1.50 bits per heavy atom. The molecule has 0 aliphatic rings.